The molecule has 2 N–H and O–H groups in total. The lowest BCUT2D eigenvalue weighted by Gasteiger charge is -2.10. The number of anilines is 2. The van der Waals surface area contributed by atoms with Crippen molar-refractivity contribution in [2.45, 2.75) is 25.3 Å². The number of hydrogen-bond donors (Lipinski definition) is 2. The van der Waals surface area contributed by atoms with E-state index in [1.54, 1.807) is 0 Å². The highest BCUT2D eigenvalue weighted by Crippen LogP contribution is 2.39. The Bertz CT molecular complexity index is 611. The lowest BCUT2D eigenvalue weighted by Crippen LogP contribution is -2.06. The fourth-order valence-corrected chi connectivity index (χ4v) is 2.29. The van der Waals surface area contributed by atoms with Crippen LogP contribution in [-0.4, -0.2) is 17.0 Å². The van der Waals surface area contributed by atoms with Crippen molar-refractivity contribution in [2.24, 2.45) is 0 Å². The standard InChI is InChI=1S/C15H17ClN4/c1-17-15-19-13(10-6-7-10)8-14(20-15)18-9-11-4-2-3-5-12(11)16/h2-5,8,10H,6-7,9H2,1H3,(H2,17,18,19,20). The van der Waals surface area contributed by atoms with E-state index in [-0.39, 0.29) is 0 Å². The molecule has 1 aromatic carbocycles. The summed E-state index contributed by atoms with van der Waals surface area (Å²) in [6, 6.07) is 9.86. The molecule has 4 nitrogen and oxygen atoms in total. The van der Waals surface area contributed by atoms with Gasteiger partial charge in [0.2, 0.25) is 5.95 Å². The van der Waals surface area contributed by atoms with Crippen molar-refractivity contribution in [1.82, 2.24) is 9.97 Å². The number of halogens is 1. The van der Waals surface area contributed by atoms with Crippen LogP contribution in [0.5, 0.6) is 0 Å². The van der Waals surface area contributed by atoms with E-state index in [0.29, 0.717) is 18.4 Å². The van der Waals surface area contributed by atoms with Crippen LogP contribution in [0.1, 0.15) is 30.0 Å². The average Bonchev–Trinajstić information content (AvgIpc) is 3.31. The molecular formula is C15H17ClN4. The third-order valence-corrected chi connectivity index (χ3v) is 3.75. The summed E-state index contributed by atoms with van der Waals surface area (Å²) < 4.78 is 0. The van der Waals surface area contributed by atoms with Crippen LogP contribution in [0.3, 0.4) is 0 Å². The highest BCUT2D eigenvalue weighted by atomic mass is 35.5. The van der Waals surface area contributed by atoms with Crippen molar-refractivity contribution in [3.63, 3.8) is 0 Å². The van der Waals surface area contributed by atoms with Crippen molar-refractivity contribution in [3.05, 3.63) is 46.6 Å². The van der Waals surface area contributed by atoms with Crippen LogP contribution in [0.2, 0.25) is 5.02 Å². The Labute approximate surface area is 123 Å². The van der Waals surface area contributed by atoms with Gasteiger partial charge in [-0.2, -0.15) is 4.98 Å². The molecule has 1 aromatic heterocycles. The summed E-state index contributed by atoms with van der Waals surface area (Å²) in [5.74, 6) is 2.10. The van der Waals surface area contributed by atoms with Crippen LogP contribution in [0.15, 0.2) is 30.3 Å². The minimum atomic E-state index is 0.603. The number of aromatic nitrogens is 2. The van der Waals surface area contributed by atoms with E-state index in [2.05, 4.69) is 20.6 Å². The SMILES string of the molecule is CNc1nc(NCc2ccccc2Cl)cc(C2CC2)n1. The Morgan fingerprint density at radius 3 is 2.75 bits per heavy atom. The summed E-state index contributed by atoms with van der Waals surface area (Å²) in [6.45, 7) is 0.657. The number of hydrogen-bond acceptors (Lipinski definition) is 4. The third kappa shape index (κ3) is 3.02. The van der Waals surface area contributed by atoms with E-state index >= 15 is 0 Å². The van der Waals surface area contributed by atoms with Gasteiger partial charge in [-0.1, -0.05) is 29.8 Å². The molecule has 5 heteroatoms. The van der Waals surface area contributed by atoms with Gasteiger partial charge in [-0.15, -0.1) is 0 Å². The molecule has 3 rings (SSSR count). The second kappa shape index (κ2) is 5.67. The highest BCUT2D eigenvalue weighted by molar-refractivity contribution is 6.31. The first-order chi connectivity index (χ1) is 9.76. The molecule has 104 valence electrons. The van der Waals surface area contributed by atoms with Gasteiger partial charge in [-0.3, -0.25) is 0 Å². The summed E-state index contributed by atoms with van der Waals surface area (Å²) >= 11 is 6.16. The number of rotatable bonds is 5. The van der Waals surface area contributed by atoms with Gasteiger partial charge in [-0.25, -0.2) is 4.98 Å². The molecule has 0 aliphatic heterocycles. The average molecular weight is 289 g/mol. The van der Waals surface area contributed by atoms with Crippen LogP contribution >= 0.6 is 11.6 Å². The van der Waals surface area contributed by atoms with Crippen LogP contribution in [0, 0.1) is 0 Å². The molecule has 0 bridgehead atoms. The number of nitrogens with one attached hydrogen (secondary N) is 2. The molecule has 0 amide bonds. The van der Waals surface area contributed by atoms with E-state index < -0.39 is 0 Å². The summed E-state index contributed by atoms with van der Waals surface area (Å²) in [7, 11) is 1.84. The largest absolute Gasteiger partial charge is 0.366 e. The van der Waals surface area contributed by atoms with Gasteiger partial charge >= 0.3 is 0 Å². The maximum atomic E-state index is 6.16. The molecule has 1 fully saturated rings. The Hall–Kier alpha value is -1.81. The first kappa shape index (κ1) is 13.2. The van der Waals surface area contributed by atoms with E-state index in [0.717, 1.165) is 22.1 Å². The smallest absolute Gasteiger partial charge is 0.224 e. The highest BCUT2D eigenvalue weighted by Gasteiger charge is 2.26. The molecule has 0 radical (unpaired) electrons. The van der Waals surface area contributed by atoms with Crippen molar-refractivity contribution in [1.29, 1.82) is 0 Å². The van der Waals surface area contributed by atoms with Crippen LogP contribution in [-0.2, 0) is 6.54 Å². The lowest BCUT2D eigenvalue weighted by molar-refractivity contribution is 0.979. The minimum Gasteiger partial charge on any atom is -0.366 e. The van der Waals surface area contributed by atoms with Gasteiger partial charge in [0.05, 0.1) is 5.69 Å². The second-order valence-corrected chi connectivity index (χ2v) is 5.38. The fraction of sp³-hybridized carbons (Fsp3) is 0.333. The molecule has 0 atom stereocenters. The molecule has 0 spiro atoms. The topological polar surface area (TPSA) is 49.8 Å². The molecule has 1 aliphatic rings. The van der Waals surface area contributed by atoms with E-state index in [9.17, 15) is 0 Å². The molecule has 2 aromatic rings. The van der Waals surface area contributed by atoms with Crippen molar-refractivity contribution >= 4 is 23.4 Å². The molecule has 0 unspecified atom stereocenters. The van der Waals surface area contributed by atoms with Gasteiger partial charge in [-0.05, 0) is 24.5 Å². The van der Waals surface area contributed by atoms with Gasteiger partial charge < -0.3 is 10.6 Å². The zero-order valence-corrected chi connectivity index (χ0v) is 12.1. The Kier molecular flexibility index (Phi) is 3.74. The van der Waals surface area contributed by atoms with Crippen LogP contribution in [0.4, 0.5) is 11.8 Å². The Morgan fingerprint density at radius 1 is 1.25 bits per heavy atom. The molecular weight excluding hydrogens is 272 g/mol. The van der Waals surface area contributed by atoms with Crippen molar-refractivity contribution < 1.29 is 0 Å². The predicted octanol–water partition coefficient (Wildman–Crippen LogP) is 3.66. The first-order valence-corrected chi connectivity index (χ1v) is 7.18. The molecule has 20 heavy (non-hydrogen) atoms. The second-order valence-electron chi connectivity index (χ2n) is 4.97. The number of nitrogens with zero attached hydrogens (tertiary/aromatic N) is 2. The van der Waals surface area contributed by atoms with Crippen molar-refractivity contribution in [2.75, 3.05) is 17.7 Å². The summed E-state index contributed by atoms with van der Waals surface area (Å²) in [6.07, 6.45) is 2.45. The Balaban J connectivity index is 1.76. The lowest BCUT2D eigenvalue weighted by atomic mass is 10.2. The van der Waals surface area contributed by atoms with E-state index in [1.807, 2.05) is 37.4 Å². The monoisotopic (exact) mass is 288 g/mol. The summed E-state index contributed by atoms with van der Waals surface area (Å²) in [4.78, 5) is 8.93. The third-order valence-electron chi connectivity index (χ3n) is 3.38. The summed E-state index contributed by atoms with van der Waals surface area (Å²) in [5, 5.41) is 7.10. The van der Waals surface area contributed by atoms with Crippen LogP contribution < -0.4 is 10.6 Å². The van der Waals surface area contributed by atoms with Gasteiger partial charge in [0.15, 0.2) is 0 Å². The first-order valence-electron chi connectivity index (χ1n) is 6.80. The number of benzene rings is 1. The van der Waals surface area contributed by atoms with Gasteiger partial charge in [0.1, 0.15) is 5.82 Å². The maximum absolute atomic E-state index is 6.16. The molecule has 0 saturated heterocycles. The molecule has 1 aliphatic carbocycles. The normalized spacial score (nSPS) is 14.1. The predicted molar refractivity (Wildman–Crippen MR) is 82.3 cm³/mol. The van der Waals surface area contributed by atoms with Gasteiger partial charge in [0, 0.05) is 30.6 Å². The van der Waals surface area contributed by atoms with E-state index in [4.69, 9.17) is 11.6 Å². The van der Waals surface area contributed by atoms with Crippen molar-refractivity contribution in [3.8, 4) is 0 Å². The molecule has 1 saturated carbocycles. The minimum absolute atomic E-state index is 0.603. The molecule has 1 heterocycles. The zero-order valence-electron chi connectivity index (χ0n) is 11.4. The van der Waals surface area contributed by atoms with Crippen LogP contribution in [0.25, 0.3) is 0 Å². The fourth-order valence-electron chi connectivity index (χ4n) is 2.08. The Morgan fingerprint density at radius 2 is 2.05 bits per heavy atom. The van der Waals surface area contributed by atoms with E-state index in [1.165, 1.54) is 12.8 Å². The summed E-state index contributed by atoms with van der Waals surface area (Å²) in [5.41, 5.74) is 2.18. The maximum Gasteiger partial charge on any atom is 0.224 e. The zero-order chi connectivity index (χ0) is 13.9. The van der Waals surface area contributed by atoms with Gasteiger partial charge in [0.25, 0.3) is 0 Å². The quantitative estimate of drug-likeness (QED) is 0.881.